The van der Waals surface area contributed by atoms with E-state index in [0.29, 0.717) is 0 Å². The summed E-state index contributed by atoms with van der Waals surface area (Å²) < 4.78 is 27.6. The molecule has 2 aliphatic rings. The fourth-order valence-corrected chi connectivity index (χ4v) is 4.04. The standard InChI is InChI=1S/C10H17NO3S/c1-9-6-10(8-15(12,13)14-2)4-3-5-11(10)7-9/h1,3-8H2,2H3/t10-/m0/s1. The van der Waals surface area contributed by atoms with E-state index in [1.54, 1.807) is 0 Å². The molecule has 1 atom stereocenters. The maximum atomic E-state index is 11.5. The fraction of sp³-hybridized carbons (Fsp3) is 0.800. The first-order valence-corrected chi connectivity index (χ1v) is 6.75. The lowest BCUT2D eigenvalue weighted by Crippen LogP contribution is -2.44. The van der Waals surface area contributed by atoms with E-state index in [9.17, 15) is 8.42 Å². The van der Waals surface area contributed by atoms with Gasteiger partial charge in [-0.3, -0.25) is 9.08 Å². The van der Waals surface area contributed by atoms with Crippen LogP contribution in [0.1, 0.15) is 19.3 Å². The molecule has 15 heavy (non-hydrogen) atoms. The number of nitrogens with zero attached hydrogens (tertiary/aromatic N) is 1. The molecule has 2 fully saturated rings. The number of hydrogen-bond donors (Lipinski definition) is 0. The van der Waals surface area contributed by atoms with Crippen LogP contribution in [0.5, 0.6) is 0 Å². The zero-order valence-corrected chi connectivity index (χ0v) is 9.85. The molecule has 0 saturated carbocycles. The Balaban J connectivity index is 2.22. The van der Waals surface area contributed by atoms with Gasteiger partial charge >= 0.3 is 0 Å². The third kappa shape index (κ3) is 1.96. The molecule has 0 unspecified atom stereocenters. The molecule has 0 aromatic heterocycles. The number of hydrogen-bond acceptors (Lipinski definition) is 4. The van der Waals surface area contributed by atoms with Gasteiger partial charge in [0.15, 0.2) is 0 Å². The van der Waals surface area contributed by atoms with Crippen LogP contribution in [0.2, 0.25) is 0 Å². The predicted molar refractivity (Wildman–Crippen MR) is 58.1 cm³/mol. The van der Waals surface area contributed by atoms with Gasteiger partial charge in [-0.2, -0.15) is 8.42 Å². The van der Waals surface area contributed by atoms with Crippen molar-refractivity contribution >= 4 is 10.1 Å². The summed E-state index contributed by atoms with van der Waals surface area (Å²) in [5.41, 5.74) is 0.923. The van der Waals surface area contributed by atoms with Crippen molar-refractivity contribution < 1.29 is 12.6 Å². The average molecular weight is 231 g/mol. The van der Waals surface area contributed by atoms with E-state index in [1.165, 1.54) is 7.11 Å². The van der Waals surface area contributed by atoms with Crippen molar-refractivity contribution in [2.75, 3.05) is 26.0 Å². The van der Waals surface area contributed by atoms with Crippen LogP contribution in [-0.4, -0.2) is 44.8 Å². The van der Waals surface area contributed by atoms with Crippen LogP contribution in [0.15, 0.2) is 12.2 Å². The first kappa shape index (κ1) is 11.1. The molecule has 0 aliphatic carbocycles. The molecule has 0 amide bonds. The SMILES string of the molecule is C=C1CN2CCC[C@@]2(CS(=O)(=O)OC)C1. The average Bonchev–Trinajstić information content (AvgIpc) is 2.59. The van der Waals surface area contributed by atoms with E-state index in [-0.39, 0.29) is 11.3 Å². The third-order valence-electron chi connectivity index (χ3n) is 3.43. The molecule has 0 aromatic carbocycles. The van der Waals surface area contributed by atoms with Gasteiger partial charge in [-0.05, 0) is 25.8 Å². The molecule has 2 heterocycles. The van der Waals surface area contributed by atoms with E-state index in [4.69, 9.17) is 0 Å². The molecule has 0 spiro atoms. The molecule has 86 valence electrons. The Kier molecular flexibility index (Phi) is 2.65. The van der Waals surface area contributed by atoms with E-state index >= 15 is 0 Å². The Labute approximate surface area is 91.0 Å². The van der Waals surface area contributed by atoms with Crippen molar-refractivity contribution in [3.05, 3.63) is 12.2 Å². The largest absolute Gasteiger partial charge is 0.292 e. The molecule has 0 radical (unpaired) electrons. The minimum atomic E-state index is -3.37. The molecule has 0 N–H and O–H groups in total. The summed E-state index contributed by atoms with van der Waals surface area (Å²) >= 11 is 0. The quantitative estimate of drug-likeness (QED) is 0.531. The summed E-state index contributed by atoms with van der Waals surface area (Å²) in [5.74, 6) is 0.107. The van der Waals surface area contributed by atoms with Gasteiger partial charge in [0.25, 0.3) is 10.1 Å². The van der Waals surface area contributed by atoms with Gasteiger partial charge in [0.1, 0.15) is 0 Å². The zero-order valence-electron chi connectivity index (χ0n) is 9.03. The summed E-state index contributed by atoms with van der Waals surface area (Å²) in [6.07, 6.45) is 2.82. The molecule has 0 aromatic rings. The lowest BCUT2D eigenvalue weighted by Gasteiger charge is -2.30. The van der Waals surface area contributed by atoms with Gasteiger partial charge in [-0.15, -0.1) is 0 Å². The van der Waals surface area contributed by atoms with Crippen LogP contribution >= 0.6 is 0 Å². The maximum Gasteiger partial charge on any atom is 0.268 e. The van der Waals surface area contributed by atoms with Crippen molar-refractivity contribution in [2.45, 2.75) is 24.8 Å². The Bertz CT molecular complexity index is 376. The summed E-state index contributed by atoms with van der Waals surface area (Å²) in [6.45, 7) is 5.79. The second-order valence-corrected chi connectivity index (χ2v) is 6.28. The highest BCUT2D eigenvalue weighted by Crippen LogP contribution is 2.41. The monoisotopic (exact) mass is 231 g/mol. The molecule has 5 heteroatoms. The molecular weight excluding hydrogens is 214 g/mol. The summed E-state index contributed by atoms with van der Waals surface area (Å²) in [4.78, 5) is 2.24. The van der Waals surface area contributed by atoms with Crippen LogP contribution in [0.25, 0.3) is 0 Å². The Morgan fingerprint density at radius 1 is 1.60 bits per heavy atom. The molecular formula is C10H17NO3S. The predicted octanol–water partition coefficient (Wildman–Crippen LogP) is 0.757. The Hall–Kier alpha value is -0.390. The highest BCUT2D eigenvalue weighted by atomic mass is 32.2. The van der Waals surface area contributed by atoms with Crippen molar-refractivity contribution in [1.82, 2.24) is 4.90 Å². The van der Waals surface area contributed by atoms with E-state index in [0.717, 1.165) is 37.9 Å². The van der Waals surface area contributed by atoms with Crippen molar-refractivity contribution in [3.8, 4) is 0 Å². The van der Waals surface area contributed by atoms with Gasteiger partial charge in [-0.1, -0.05) is 12.2 Å². The molecule has 2 saturated heterocycles. The van der Waals surface area contributed by atoms with Crippen LogP contribution in [0, 0.1) is 0 Å². The normalized spacial score (nSPS) is 32.2. The van der Waals surface area contributed by atoms with Crippen LogP contribution in [0.3, 0.4) is 0 Å². The van der Waals surface area contributed by atoms with E-state index in [1.807, 2.05) is 0 Å². The van der Waals surface area contributed by atoms with Gasteiger partial charge in [0.05, 0.1) is 12.9 Å². The summed E-state index contributed by atoms with van der Waals surface area (Å²) in [5, 5.41) is 0. The molecule has 0 bridgehead atoms. The van der Waals surface area contributed by atoms with Gasteiger partial charge in [-0.25, -0.2) is 0 Å². The fourth-order valence-electron chi connectivity index (χ4n) is 2.83. The summed E-state index contributed by atoms with van der Waals surface area (Å²) in [7, 11) is -2.14. The smallest absolute Gasteiger partial charge is 0.268 e. The van der Waals surface area contributed by atoms with Gasteiger partial charge in [0, 0.05) is 12.1 Å². The Morgan fingerprint density at radius 2 is 2.33 bits per heavy atom. The van der Waals surface area contributed by atoms with E-state index < -0.39 is 10.1 Å². The lowest BCUT2D eigenvalue weighted by atomic mass is 9.95. The highest BCUT2D eigenvalue weighted by Gasteiger charge is 2.48. The molecule has 2 aliphatic heterocycles. The van der Waals surface area contributed by atoms with Crippen molar-refractivity contribution in [2.24, 2.45) is 0 Å². The number of rotatable bonds is 3. The lowest BCUT2D eigenvalue weighted by molar-refractivity contribution is 0.215. The van der Waals surface area contributed by atoms with Crippen molar-refractivity contribution in [3.63, 3.8) is 0 Å². The van der Waals surface area contributed by atoms with Crippen molar-refractivity contribution in [1.29, 1.82) is 0 Å². The first-order valence-electron chi connectivity index (χ1n) is 5.17. The molecule has 4 nitrogen and oxygen atoms in total. The second-order valence-electron chi connectivity index (χ2n) is 4.54. The first-order chi connectivity index (χ1) is 6.97. The van der Waals surface area contributed by atoms with E-state index in [2.05, 4.69) is 15.7 Å². The zero-order chi connectivity index (χ0) is 11.1. The minimum Gasteiger partial charge on any atom is -0.292 e. The minimum absolute atomic E-state index is 0.107. The van der Waals surface area contributed by atoms with Crippen LogP contribution in [-0.2, 0) is 14.3 Å². The molecule has 2 rings (SSSR count). The summed E-state index contributed by atoms with van der Waals surface area (Å²) in [6, 6.07) is 0. The second kappa shape index (κ2) is 3.57. The van der Waals surface area contributed by atoms with Gasteiger partial charge in [0.2, 0.25) is 0 Å². The van der Waals surface area contributed by atoms with Crippen LogP contribution in [0.4, 0.5) is 0 Å². The third-order valence-corrected chi connectivity index (χ3v) is 4.83. The highest BCUT2D eigenvalue weighted by molar-refractivity contribution is 7.86. The van der Waals surface area contributed by atoms with Gasteiger partial charge < -0.3 is 0 Å². The maximum absolute atomic E-state index is 11.5. The van der Waals surface area contributed by atoms with Crippen LogP contribution < -0.4 is 0 Å². The topological polar surface area (TPSA) is 46.6 Å². The number of fused-ring (bicyclic) bond motifs is 1. The Morgan fingerprint density at radius 3 is 3.00 bits per heavy atom.